The lowest BCUT2D eigenvalue weighted by atomic mass is 9.94. The summed E-state index contributed by atoms with van der Waals surface area (Å²) in [6.07, 6.45) is 2.04. The Bertz CT molecular complexity index is 892. The van der Waals surface area contributed by atoms with Gasteiger partial charge in [0.05, 0.1) is 11.6 Å². The quantitative estimate of drug-likeness (QED) is 0.775. The number of carbonyl (C=O) groups excluding carboxylic acids is 1. The van der Waals surface area contributed by atoms with Crippen molar-refractivity contribution in [1.29, 1.82) is 0 Å². The Morgan fingerprint density at radius 1 is 1.36 bits per heavy atom. The summed E-state index contributed by atoms with van der Waals surface area (Å²) in [5, 5.41) is 14.2. The summed E-state index contributed by atoms with van der Waals surface area (Å²) in [5.74, 6) is 0.752. The number of benzene rings is 1. The molecular formula is C19H21N3O3. The van der Waals surface area contributed by atoms with Gasteiger partial charge in [-0.1, -0.05) is 30.3 Å². The summed E-state index contributed by atoms with van der Waals surface area (Å²) in [5.41, 5.74) is 1.97. The Labute approximate surface area is 145 Å². The van der Waals surface area contributed by atoms with Gasteiger partial charge in [0.1, 0.15) is 6.61 Å². The van der Waals surface area contributed by atoms with Crippen molar-refractivity contribution < 1.29 is 14.4 Å². The molecule has 6 nitrogen and oxygen atoms in total. The molecule has 1 atom stereocenters. The van der Waals surface area contributed by atoms with Gasteiger partial charge in [-0.15, -0.1) is 0 Å². The maximum absolute atomic E-state index is 12.7. The van der Waals surface area contributed by atoms with Crippen LogP contribution in [0.2, 0.25) is 0 Å². The molecule has 0 saturated carbocycles. The van der Waals surface area contributed by atoms with Crippen LogP contribution in [0.1, 0.15) is 24.3 Å². The van der Waals surface area contributed by atoms with E-state index in [1.165, 1.54) is 5.39 Å². The first kappa shape index (κ1) is 15.9. The number of fused-ring (bicyclic) bond motifs is 1. The van der Waals surface area contributed by atoms with Gasteiger partial charge in [-0.05, 0) is 17.5 Å². The summed E-state index contributed by atoms with van der Waals surface area (Å²) in [6, 6.07) is 12.0. The zero-order valence-corrected chi connectivity index (χ0v) is 14.1. The van der Waals surface area contributed by atoms with E-state index in [0.717, 1.165) is 11.2 Å². The van der Waals surface area contributed by atoms with Crippen LogP contribution in [0.15, 0.2) is 47.1 Å². The largest absolute Gasteiger partial charge is 0.388 e. The first-order valence-electron chi connectivity index (χ1n) is 8.54. The van der Waals surface area contributed by atoms with Crippen LogP contribution in [0, 0.1) is 5.92 Å². The molecule has 1 saturated heterocycles. The van der Waals surface area contributed by atoms with Crippen molar-refractivity contribution in [2.45, 2.75) is 26.0 Å². The maximum Gasteiger partial charge on any atom is 0.227 e. The molecule has 6 heteroatoms. The second-order valence-electron chi connectivity index (χ2n) is 6.74. The minimum Gasteiger partial charge on any atom is -0.388 e. The predicted molar refractivity (Wildman–Crippen MR) is 92.8 cm³/mol. The average Bonchev–Trinajstić information content (AvgIpc) is 3.21. The summed E-state index contributed by atoms with van der Waals surface area (Å²) in [7, 11) is 0. The number of aliphatic hydroxyl groups excluding tert-OH is 1. The van der Waals surface area contributed by atoms with E-state index < -0.39 is 0 Å². The molecule has 1 aromatic carbocycles. The summed E-state index contributed by atoms with van der Waals surface area (Å²) in [6.45, 7) is 3.82. The summed E-state index contributed by atoms with van der Waals surface area (Å²) < 4.78 is 7.16. The monoisotopic (exact) mass is 339 g/mol. The Balaban J connectivity index is 1.37. The third-order valence-corrected chi connectivity index (χ3v) is 4.92. The topological polar surface area (TPSA) is 71.5 Å². The van der Waals surface area contributed by atoms with E-state index in [9.17, 15) is 4.79 Å². The van der Waals surface area contributed by atoms with E-state index >= 15 is 0 Å². The van der Waals surface area contributed by atoms with E-state index in [-0.39, 0.29) is 24.3 Å². The van der Waals surface area contributed by atoms with Crippen LogP contribution in [-0.4, -0.2) is 38.7 Å². The lowest BCUT2D eigenvalue weighted by Crippen LogP contribution is -2.50. The number of amides is 1. The minimum atomic E-state index is -0.149. The van der Waals surface area contributed by atoms with Crippen LogP contribution in [0.25, 0.3) is 10.9 Å². The van der Waals surface area contributed by atoms with E-state index in [4.69, 9.17) is 9.63 Å². The number of rotatable bonds is 5. The molecule has 1 aliphatic heterocycles. The van der Waals surface area contributed by atoms with Crippen LogP contribution >= 0.6 is 0 Å². The molecule has 1 unspecified atom stereocenters. The fraction of sp³-hybridized carbons (Fsp3) is 0.368. The molecule has 1 aliphatic rings. The van der Waals surface area contributed by atoms with Gasteiger partial charge in [-0.2, -0.15) is 0 Å². The van der Waals surface area contributed by atoms with E-state index in [2.05, 4.69) is 27.9 Å². The van der Waals surface area contributed by atoms with Crippen LogP contribution in [0.4, 0.5) is 0 Å². The molecule has 1 N–H and O–H groups in total. The van der Waals surface area contributed by atoms with Crippen molar-refractivity contribution in [3.63, 3.8) is 0 Å². The zero-order valence-electron chi connectivity index (χ0n) is 14.1. The van der Waals surface area contributed by atoms with Gasteiger partial charge < -0.3 is 19.1 Å². The third kappa shape index (κ3) is 2.93. The molecule has 0 radical (unpaired) electrons. The molecule has 2 aromatic heterocycles. The van der Waals surface area contributed by atoms with Crippen molar-refractivity contribution in [1.82, 2.24) is 14.6 Å². The predicted octanol–water partition coefficient (Wildman–Crippen LogP) is 2.38. The first-order chi connectivity index (χ1) is 12.2. The molecule has 1 fully saturated rings. The Kier molecular flexibility index (Phi) is 4.05. The fourth-order valence-electron chi connectivity index (χ4n) is 3.43. The van der Waals surface area contributed by atoms with Crippen LogP contribution < -0.4 is 0 Å². The van der Waals surface area contributed by atoms with Gasteiger partial charge in [0.2, 0.25) is 5.91 Å². The molecule has 0 aliphatic carbocycles. The molecule has 0 spiro atoms. The van der Waals surface area contributed by atoms with Crippen LogP contribution in [0.5, 0.6) is 0 Å². The van der Waals surface area contributed by atoms with Gasteiger partial charge in [0.25, 0.3) is 0 Å². The molecule has 3 heterocycles. The van der Waals surface area contributed by atoms with Gasteiger partial charge in [-0.25, -0.2) is 0 Å². The number of aliphatic hydroxyl groups is 1. The number of likely N-dealkylation sites (tertiary alicyclic amines) is 1. The minimum absolute atomic E-state index is 0.0814. The summed E-state index contributed by atoms with van der Waals surface area (Å²) >= 11 is 0. The first-order valence-corrected chi connectivity index (χ1v) is 8.54. The highest BCUT2D eigenvalue weighted by molar-refractivity contribution is 5.81. The second kappa shape index (κ2) is 6.37. The van der Waals surface area contributed by atoms with Crippen LogP contribution in [-0.2, 0) is 17.9 Å². The fourth-order valence-corrected chi connectivity index (χ4v) is 3.43. The highest BCUT2D eigenvalue weighted by atomic mass is 16.5. The Morgan fingerprint density at radius 3 is 2.92 bits per heavy atom. The highest BCUT2D eigenvalue weighted by Crippen LogP contribution is 2.28. The van der Waals surface area contributed by atoms with E-state index in [1.54, 1.807) is 6.07 Å². The highest BCUT2D eigenvalue weighted by Gasteiger charge is 2.35. The molecule has 0 bridgehead atoms. The molecule has 1 amide bonds. The number of carbonyl (C=O) groups is 1. The van der Waals surface area contributed by atoms with Gasteiger partial charge in [0, 0.05) is 43.3 Å². The molecule has 25 heavy (non-hydrogen) atoms. The van der Waals surface area contributed by atoms with Gasteiger partial charge in [0.15, 0.2) is 5.76 Å². The number of aromatic nitrogens is 2. The SMILES string of the molecule is CC(Cn1ccc2ccccc21)C(=O)N1CC(c2cc(CO)on2)C1. The van der Waals surface area contributed by atoms with E-state index in [1.807, 2.05) is 30.2 Å². The lowest BCUT2D eigenvalue weighted by Gasteiger charge is -2.39. The van der Waals surface area contributed by atoms with Crippen LogP contribution in [0.3, 0.4) is 0 Å². The number of para-hydroxylation sites is 1. The van der Waals surface area contributed by atoms with Crippen molar-refractivity contribution in [2.24, 2.45) is 5.92 Å². The number of hydrogen-bond donors (Lipinski definition) is 1. The maximum atomic E-state index is 12.7. The Hall–Kier alpha value is -2.60. The standard InChI is InChI=1S/C19H21N3O3/c1-13(9-21-7-6-14-4-2-3-5-18(14)21)19(24)22-10-15(11-22)17-8-16(12-23)25-20-17/h2-8,13,15,23H,9-12H2,1H3. The van der Waals surface area contributed by atoms with Gasteiger partial charge >= 0.3 is 0 Å². The van der Waals surface area contributed by atoms with Crippen molar-refractivity contribution in [3.05, 3.63) is 54.0 Å². The Morgan fingerprint density at radius 2 is 2.16 bits per heavy atom. The average molecular weight is 339 g/mol. The van der Waals surface area contributed by atoms with Crippen molar-refractivity contribution in [3.8, 4) is 0 Å². The zero-order chi connectivity index (χ0) is 17.4. The number of hydrogen-bond acceptors (Lipinski definition) is 4. The van der Waals surface area contributed by atoms with Crippen molar-refractivity contribution in [2.75, 3.05) is 13.1 Å². The lowest BCUT2D eigenvalue weighted by molar-refractivity contribution is -0.140. The van der Waals surface area contributed by atoms with Gasteiger partial charge in [-0.3, -0.25) is 4.79 Å². The molecule has 4 rings (SSSR count). The van der Waals surface area contributed by atoms with Crippen molar-refractivity contribution >= 4 is 16.8 Å². The van der Waals surface area contributed by atoms with E-state index in [0.29, 0.717) is 25.4 Å². The smallest absolute Gasteiger partial charge is 0.227 e. The summed E-state index contributed by atoms with van der Waals surface area (Å²) in [4.78, 5) is 14.5. The molecule has 130 valence electrons. The molecule has 3 aromatic rings. The second-order valence-corrected chi connectivity index (χ2v) is 6.74. The number of nitrogens with zero attached hydrogens (tertiary/aromatic N) is 3. The third-order valence-electron chi connectivity index (χ3n) is 4.92. The normalized spacial score (nSPS) is 16.2. The molecular weight excluding hydrogens is 318 g/mol.